The lowest BCUT2D eigenvalue weighted by Gasteiger charge is -2.30. The monoisotopic (exact) mass is 819 g/mol. The minimum atomic E-state index is -0.799. The van der Waals surface area contributed by atoms with E-state index in [9.17, 15) is 24.0 Å². The normalized spacial score (nSPS) is 17.9. The molecule has 0 saturated carbocycles. The summed E-state index contributed by atoms with van der Waals surface area (Å²) in [6.07, 6.45) is 4.03. The van der Waals surface area contributed by atoms with E-state index in [0.29, 0.717) is 43.9 Å². The Balaban J connectivity index is 1.13. The lowest BCUT2D eigenvalue weighted by Crippen LogP contribution is -2.54. The molecule has 6 rings (SSSR count). The highest BCUT2D eigenvalue weighted by Crippen LogP contribution is 2.34. The van der Waals surface area contributed by atoms with Crippen molar-refractivity contribution in [2.24, 2.45) is 11.8 Å². The van der Waals surface area contributed by atoms with E-state index in [1.165, 1.54) is 19.8 Å². The standard InChI is InChI=1S/C46H57N7O7/c1-28(2)39(50-45(57)59-5)43(55)52-24-10-14-37(52)41-47-27-36(49-41)33-20-18-32(19-21-33)35(31-12-8-7-9-13-31)26-30-16-22-34(23-17-30)48-42(54)38-15-11-25-53(38)44(56)40(29(3)4)51-46(58)60-6/h7-9,12-13,16-23,27-29,35,37-40H,10-11,14-15,24-26H2,1-6H3,(H,47,49)(H,48,54)(H,50,57)(H,51,58)/t35?,37-,38-,39-,40-/m0/s1. The highest BCUT2D eigenvalue weighted by atomic mass is 16.5. The van der Waals surface area contributed by atoms with Crippen LogP contribution in [0.5, 0.6) is 0 Å². The first-order chi connectivity index (χ1) is 28.9. The second kappa shape index (κ2) is 19.7. The smallest absolute Gasteiger partial charge is 0.407 e. The predicted octanol–water partition coefficient (Wildman–Crippen LogP) is 6.81. The van der Waals surface area contributed by atoms with E-state index >= 15 is 0 Å². The van der Waals surface area contributed by atoms with Gasteiger partial charge in [-0.05, 0) is 78.3 Å². The van der Waals surface area contributed by atoms with Crippen LogP contribution in [0.25, 0.3) is 11.3 Å². The molecule has 0 spiro atoms. The number of H-pyrrole nitrogens is 1. The number of aromatic nitrogens is 2. The van der Waals surface area contributed by atoms with Gasteiger partial charge >= 0.3 is 12.2 Å². The van der Waals surface area contributed by atoms with Crippen molar-refractivity contribution in [2.45, 2.75) is 89.9 Å². The molecule has 3 heterocycles. The summed E-state index contributed by atoms with van der Waals surface area (Å²) in [5.41, 5.74) is 5.85. The van der Waals surface area contributed by atoms with Gasteiger partial charge in [-0.15, -0.1) is 0 Å². The van der Waals surface area contributed by atoms with Crippen LogP contribution in [0.1, 0.15) is 87.9 Å². The molecule has 2 aliphatic heterocycles. The number of imidazole rings is 1. The predicted molar refractivity (Wildman–Crippen MR) is 228 cm³/mol. The van der Waals surface area contributed by atoms with Crippen LogP contribution in [0.4, 0.5) is 15.3 Å². The molecule has 1 unspecified atom stereocenters. The number of carbonyl (C=O) groups excluding carboxylic acids is 5. The summed E-state index contributed by atoms with van der Waals surface area (Å²) >= 11 is 0. The Morgan fingerprint density at radius 3 is 1.90 bits per heavy atom. The molecule has 2 fully saturated rings. The fourth-order valence-corrected chi connectivity index (χ4v) is 8.22. The molecule has 4 N–H and O–H groups in total. The minimum Gasteiger partial charge on any atom is -0.453 e. The molecule has 0 aliphatic carbocycles. The second-order valence-electron chi connectivity index (χ2n) is 16.3. The zero-order chi connectivity index (χ0) is 42.9. The van der Waals surface area contributed by atoms with Crippen LogP contribution in [0, 0.1) is 11.8 Å². The number of nitrogens with one attached hydrogen (secondary N) is 4. The maximum atomic E-state index is 13.6. The van der Waals surface area contributed by atoms with Crippen LogP contribution < -0.4 is 16.0 Å². The maximum absolute atomic E-state index is 13.6. The molecular weight excluding hydrogens is 763 g/mol. The zero-order valence-electron chi connectivity index (χ0n) is 35.3. The van der Waals surface area contributed by atoms with Gasteiger partial charge in [0.05, 0.1) is 32.2 Å². The average Bonchev–Trinajstić information content (AvgIpc) is 4.06. The van der Waals surface area contributed by atoms with Gasteiger partial charge in [0.25, 0.3) is 0 Å². The van der Waals surface area contributed by atoms with Gasteiger partial charge in [-0.3, -0.25) is 14.4 Å². The molecule has 14 nitrogen and oxygen atoms in total. The summed E-state index contributed by atoms with van der Waals surface area (Å²) in [4.78, 5) is 76.1. The number of amides is 5. The fourth-order valence-electron chi connectivity index (χ4n) is 8.22. The van der Waals surface area contributed by atoms with E-state index in [4.69, 9.17) is 14.5 Å². The topological polar surface area (TPSA) is 175 Å². The Kier molecular flexibility index (Phi) is 14.3. The number of carbonyl (C=O) groups is 5. The van der Waals surface area contributed by atoms with Gasteiger partial charge in [0.1, 0.15) is 23.9 Å². The average molecular weight is 820 g/mol. The molecule has 5 atom stereocenters. The third-order valence-electron chi connectivity index (χ3n) is 11.6. The largest absolute Gasteiger partial charge is 0.453 e. The summed E-state index contributed by atoms with van der Waals surface area (Å²) < 4.78 is 9.49. The Hall–Kier alpha value is -6.18. The third-order valence-corrected chi connectivity index (χ3v) is 11.6. The van der Waals surface area contributed by atoms with Crippen LogP contribution in [-0.2, 0) is 30.3 Å². The molecule has 5 amide bonds. The van der Waals surface area contributed by atoms with E-state index in [1.807, 2.05) is 70.2 Å². The first-order valence-corrected chi connectivity index (χ1v) is 20.8. The summed E-state index contributed by atoms with van der Waals surface area (Å²) in [6.45, 7) is 8.50. The second-order valence-corrected chi connectivity index (χ2v) is 16.3. The molecule has 0 bridgehead atoms. The van der Waals surface area contributed by atoms with Gasteiger partial charge in [0.2, 0.25) is 17.7 Å². The third kappa shape index (κ3) is 10.2. The Morgan fingerprint density at radius 2 is 1.30 bits per heavy atom. The van der Waals surface area contributed by atoms with Crippen molar-refractivity contribution in [1.82, 2.24) is 30.4 Å². The van der Waals surface area contributed by atoms with Crippen LogP contribution >= 0.6 is 0 Å². The fraction of sp³-hybridized carbons (Fsp3) is 0.435. The molecule has 318 valence electrons. The van der Waals surface area contributed by atoms with Gasteiger partial charge < -0.3 is 40.2 Å². The number of aromatic amines is 1. The van der Waals surface area contributed by atoms with Crippen molar-refractivity contribution >= 4 is 35.6 Å². The number of rotatable bonds is 14. The van der Waals surface area contributed by atoms with Crippen LogP contribution in [0.2, 0.25) is 0 Å². The highest BCUT2D eigenvalue weighted by Gasteiger charge is 2.40. The molecule has 14 heteroatoms. The molecule has 60 heavy (non-hydrogen) atoms. The number of methoxy groups -OCH3 is 2. The molecule has 0 radical (unpaired) electrons. The first kappa shape index (κ1) is 43.4. The van der Waals surface area contributed by atoms with Crippen molar-refractivity contribution in [1.29, 1.82) is 0 Å². The summed E-state index contributed by atoms with van der Waals surface area (Å²) in [5, 5.41) is 8.33. The maximum Gasteiger partial charge on any atom is 0.407 e. The number of nitrogens with zero attached hydrogens (tertiary/aromatic N) is 3. The number of hydrogen-bond donors (Lipinski definition) is 4. The Labute approximate surface area is 351 Å². The van der Waals surface area contributed by atoms with E-state index in [2.05, 4.69) is 57.3 Å². The number of anilines is 1. The van der Waals surface area contributed by atoms with E-state index in [1.54, 1.807) is 16.0 Å². The van der Waals surface area contributed by atoms with E-state index in [-0.39, 0.29) is 41.5 Å². The molecule has 2 aliphatic rings. The summed E-state index contributed by atoms with van der Waals surface area (Å²) in [6, 6.07) is 24.2. The number of alkyl carbamates (subject to hydrolysis) is 2. The number of hydrogen-bond acceptors (Lipinski definition) is 8. The van der Waals surface area contributed by atoms with Crippen LogP contribution in [0.15, 0.2) is 85.1 Å². The van der Waals surface area contributed by atoms with Gasteiger partial charge in [-0.25, -0.2) is 14.6 Å². The number of ether oxygens (including phenoxy) is 2. The van der Waals surface area contributed by atoms with Crippen LogP contribution in [-0.4, -0.2) is 95.1 Å². The van der Waals surface area contributed by atoms with Crippen molar-refractivity contribution in [2.75, 3.05) is 32.6 Å². The molecule has 1 aromatic heterocycles. The molecule has 4 aromatic rings. The minimum absolute atomic E-state index is 0.0501. The van der Waals surface area contributed by atoms with Crippen molar-refractivity contribution in [3.63, 3.8) is 0 Å². The Bertz CT molecular complexity index is 2100. The van der Waals surface area contributed by atoms with Crippen LogP contribution in [0.3, 0.4) is 0 Å². The van der Waals surface area contributed by atoms with Gasteiger partial charge in [0, 0.05) is 24.7 Å². The SMILES string of the molecule is COC(=O)N[C@H](C(=O)N1CCC[C@H]1C(=O)Nc1ccc(CC(c2ccccc2)c2ccc(-c3cnc([C@@H]4CCCN4C(=O)[C@@H](NC(=O)OC)C(C)C)[nH]3)cc2)cc1)C(C)C. The zero-order valence-corrected chi connectivity index (χ0v) is 35.3. The first-order valence-electron chi connectivity index (χ1n) is 20.8. The summed E-state index contributed by atoms with van der Waals surface area (Å²) in [7, 11) is 2.54. The van der Waals surface area contributed by atoms with Crippen molar-refractivity contribution in [3.05, 3.63) is 108 Å². The highest BCUT2D eigenvalue weighted by molar-refractivity contribution is 5.98. The van der Waals surface area contributed by atoms with Crippen molar-refractivity contribution < 1.29 is 33.4 Å². The lowest BCUT2D eigenvalue weighted by atomic mass is 9.85. The van der Waals surface area contributed by atoms with Crippen molar-refractivity contribution in [3.8, 4) is 11.3 Å². The lowest BCUT2D eigenvalue weighted by molar-refractivity contribution is -0.139. The Morgan fingerprint density at radius 1 is 0.733 bits per heavy atom. The van der Waals surface area contributed by atoms with Gasteiger partial charge in [-0.1, -0.05) is 94.4 Å². The number of benzene rings is 3. The van der Waals surface area contributed by atoms with Gasteiger partial charge in [0.15, 0.2) is 0 Å². The van der Waals surface area contributed by atoms with E-state index in [0.717, 1.165) is 35.2 Å². The number of likely N-dealkylation sites (tertiary alicyclic amines) is 2. The molecular formula is C46H57N7O7. The quantitative estimate of drug-likeness (QED) is 0.107. The van der Waals surface area contributed by atoms with Gasteiger partial charge in [-0.2, -0.15) is 0 Å². The molecule has 3 aromatic carbocycles. The summed E-state index contributed by atoms with van der Waals surface area (Å²) in [5.74, 6) is -0.253. The molecule has 2 saturated heterocycles. The van der Waals surface area contributed by atoms with E-state index < -0.39 is 30.3 Å².